The van der Waals surface area contributed by atoms with Crippen molar-refractivity contribution in [3.05, 3.63) is 0 Å². The van der Waals surface area contributed by atoms with E-state index in [0.717, 1.165) is 0 Å². The second-order valence-corrected chi connectivity index (χ2v) is 2.43. The molecule has 0 heterocycles. The Bertz CT molecular complexity index is 174. The minimum absolute atomic E-state index is 0.129. The van der Waals surface area contributed by atoms with Crippen LogP contribution in [0.5, 0.6) is 0 Å². The summed E-state index contributed by atoms with van der Waals surface area (Å²) >= 11 is 0. The summed E-state index contributed by atoms with van der Waals surface area (Å²) in [5.74, 6) is -0.129. The summed E-state index contributed by atoms with van der Waals surface area (Å²) in [6.45, 7) is 2.22. The van der Waals surface area contributed by atoms with E-state index in [9.17, 15) is 4.79 Å². The molecule has 0 saturated heterocycles. The summed E-state index contributed by atoms with van der Waals surface area (Å²) in [6, 6.07) is 2.00. The van der Waals surface area contributed by atoms with Crippen LogP contribution in [0, 0.1) is 11.3 Å². The maximum atomic E-state index is 11.0. The van der Waals surface area contributed by atoms with Gasteiger partial charge in [-0.2, -0.15) is 5.26 Å². The lowest BCUT2D eigenvalue weighted by Crippen LogP contribution is -2.34. The van der Waals surface area contributed by atoms with Crippen molar-refractivity contribution >= 4 is 5.91 Å². The summed E-state index contributed by atoms with van der Waals surface area (Å²) in [6.07, 6.45) is 0.757. The van der Waals surface area contributed by atoms with E-state index < -0.39 is 6.10 Å². The number of carbonyl (C=O) groups excluding carboxylic acids is 1. The third-order valence-electron chi connectivity index (χ3n) is 1.49. The monoisotopic (exact) mass is 170 g/mol. The minimum Gasteiger partial charge on any atom is -0.372 e. The zero-order valence-corrected chi connectivity index (χ0v) is 7.46. The Morgan fingerprint density at radius 1 is 1.75 bits per heavy atom. The number of nitrogens with one attached hydrogen (secondary N) is 1. The highest BCUT2D eigenvalue weighted by molar-refractivity contribution is 5.80. The molecule has 0 aromatic heterocycles. The molecule has 0 radical (unpaired) electrons. The first-order chi connectivity index (χ1) is 5.72. The van der Waals surface area contributed by atoms with Gasteiger partial charge in [-0.1, -0.05) is 0 Å². The molecule has 1 amide bonds. The lowest BCUT2D eigenvalue weighted by molar-refractivity contribution is -0.130. The van der Waals surface area contributed by atoms with Crippen LogP contribution < -0.4 is 5.32 Å². The fraction of sp³-hybridized carbons (Fsp3) is 0.750. The molecule has 0 saturated carbocycles. The van der Waals surface area contributed by atoms with Gasteiger partial charge in [-0.3, -0.25) is 4.79 Å². The van der Waals surface area contributed by atoms with Gasteiger partial charge in [-0.05, 0) is 13.3 Å². The largest absolute Gasteiger partial charge is 0.372 e. The van der Waals surface area contributed by atoms with Crippen molar-refractivity contribution in [1.82, 2.24) is 5.32 Å². The summed E-state index contributed by atoms with van der Waals surface area (Å²) < 4.78 is 4.79. The van der Waals surface area contributed by atoms with Crippen LogP contribution in [-0.2, 0) is 9.53 Å². The predicted octanol–water partition coefficient (Wildman–Crippen LogP) is 0.441. The van der Waals surface area contributed by atoms with E-state index in [1.807, 2.05) is 6.07 Å². The molecule has 0 aliphatic heterocycles. The first kappa shape index (κ1) is 10.9. The number of unbranched alkanes of at least 4 members (excludes halogenated alkanes) is 1. The van der Waals surface area contributed by atoms with Crippen LogP contribution in [0.15, 0.2) is 0 Å². The first-order valence-electron chi connectivity index (χ1n) is 3.89. The number of amides is 1. The SMILES string of the molecule is COC(C)C(=O)NCCCC#N. The molecule has 0 aromatic carbocycles. The normalized spacial score (nSPS) is 11.8. The molecule has 1 N–H and O–H groups in total. The number of nitrogens with zero attached hydrogens (tertiary/aromatic N) is 1. The van der Waals surface area contributed by atoms with Crippen molar-refractivity contribution < 1.29 is 9.53 Å². The summed E-state index contributed by atoms with van der Waals surface area (Å²) in [7, 11) is 1.49. The fourth-order valence-corrected chi connectivity index (χ4v) is 0.630. The van der Waals surface area contributed by atoms with Crippen molar-refractivity contribution in [3.63, 3.8) is 0 Å². The van der Waals surface area contributed by atoms with Crippen LogP contribution in [-0.4, -0.2) is 25.7 Å². The molecule has 0 aliphatic carbocycles. The second-order valence-electron chi connectivity index (χ2n) is 2.43. The Labute approximate surface area is 72.5 Å². The molecule has 0 bridgehead atoms. The van der Waals surface area contributed by atoms with Crippen LogP contribution >= 0.6 is 0 Å². The van der Waals surface area contributed by atoms with E-state index >= 15 is 0 Å². The summed E-state index contributed by atoms with van der Waals surface area (Å²) in [5.41, 5.74) is 0. The van der Waals surface area contributed by atoms with Crippen molar-refractivity contribution in [1.29, 1.82) is 5.26 Å². The lowest BCUT2D eigenvalue weighted by atomic mass is 10.3. The maximum Gasteiger partial charge on any atom is 0.248 e. The summed E-state index contributed by atoms with van der Waals surface area (Å²) in [4.78, 5) is 11.0. The van der Waals surface area contributed by atoms with E-state index in [2.05, 4.69) is 5.32 Å². The van der Waals surface area contributed by atoms with Crippen LogP contribution in [0.25, 0.3) is 0 Å². The number of methoxy groups -OCH3 is 1. The van der Waals surface area contributed by atoms with E-state index in [1.165, 1.54) is 7.11 Å². The van der Waals surface area contributed by atoms with Gasteiger partial charge in [0.05, 0.1) is 6.07 Å². The Morgan fingerprint density at radius 3 is 2.92 bits per heavy atom. The van der Waals surface area contributed by atoms with Crippen LogP contribution in [0.1, 0.15) is 19.8 Å². The molecule has 12 heavy (non-hydrogen) atoms. The Hall–Kier alpha value is -1.08. The van der Waals surface area contributed by atoms with Crippen molar-refractivity contribution in [3.8, 4) is 6.07 Å². The van der Waals surface area contributed by atoms with E-state index in [0.29, 0.717) is 19.4 Å². The van der Waals surface area contributed by atoms with Gasteiger partial charge >= 0.3 is 0 Å². The van der Waals surface area contributed by atoms with Gasteiger partial charge in [-0.25, -0.2) is 0 Å². The molecule has 0 rings (SSSR count). The van der Waals surface area contributed by atoms with Crippen LogP contribution in [0.4, 0.5) is 0 Å². The average Bonchev–Trinajstić information content (AvgIpc) is 2.10. The van der Waals surface area contributed by atoms with Gasteiger partial charge in [0.25, 0.3) is 0 Å². The molecule has 0 aliphatic rings. The van der Waals surface area contributed by atoms with Crippen molar-refractivity contribution in [2.75, 3.05) is 13.7 Å². The molecule has 0 aromatic rings. The highest BCUT2D eigenvalue weighted by atomic mass is 16.5. The molecule has 4 nitrogen and oxygen atoms in total. The molecule has 0 fully saturated rings. The molecule has 68 valence electrons. The quantitative estimate of drug-likeness (QED) is 0.609. The Morgan fingerprint density at radius 2 is 2.42 bits per heavy atom. The van der Waals surface area contributed by atoms with Gasteiger partial charge < -0.3 is 10.1 Å². The molecular weight excluding hydrogens is 156 g/mol. The topological polar surface area (TPSA) is 62.1 Å². The number of nitriles is 1. The van der Waals surface area contributed by atoms with E-state index in [1.54, 1.807) is 6.92 Å². The Balaban J connectivity index is 3.39. The van der Waals surface area contributed by atoms with Gasteiger partial charge in [0.2, 0.25) is 5.91 Å². The number of hydrogen-bond donors (Lipinski definition) is 1. The predicted molar refractivity (Wildman–Crippen MR) is 44.3 cm³/mol. The third-order valence-corrected chi connectivity index (χ3v) is 1.49. The van der Waals surface area contributed by atoms with Crippen molar-refractivity contribution in [2.24, 2.45) is 0 Å². The minimum atomic E-state index is -0.410. The molecule has 0 spiro atoms. The van der Waals surface area contributed by atoms with Gasteiger partial charge in [0.15, 0.2) is 0 Å². The number of rotatable bonds is 5. The number of carbonyl (C=O) groups is 1. The fourth-order valence-electron chi connectivity index (χ4n) is 0.630. The molecule has 1 unspecified atom stereocenters. The number of hydrogen-bond acceptors (Lipinski definition) is 3. The van der Waals surface area contributed by atoms with Gasteiger partial charge in [0.1, 0.15) is 6.10 Å². The Kier molecular flexibility index (Phi) is 6.02. The summed E-state index contributed by atoms with van der Waals surface area (Å²) in [5, 5.41) is 10.9. The van der Waals surface area contributed by atoms with Crippen LogP contribution in [0.3, 0.4) is 0 Å². The molecule has 1 atom stereocenters. The zero-order chi connectivity index (χ0) is 9.40. The van der Waals surface area contributed by atoms with E-state index in [-0.39, 0.29) is 5.91 Å². The standard InChI is InChI=1S/C8H14N2O2/c1-7(12-2)8(11)10-6-4-3-5-9/h7H,3-4,6H2,1-2H3,(H,10,11). The lowest BCUT2D eigenvalue weighted by Gasteiger charge is -2.08. The third kappa shape index (κ3) is 4.69. The number of ether oxygens (including phenoxy) is 1. The maximum absolute atomic E-state index is 11.0. The zero-order valence-electron chi connectivity index (χ0n) is 7.46. The molecular formula is C8H14N2O2. The van der Waals surface area contributed by atoms with Crippen LogP contribution in [0.2, 0.25) is 0 Å². The average molecular weight is 170 g/mol. The molecule has 4 heteroatoms. The van der Waals surface area contributed by atoms with Gasteiger partial charge in [0, 0.05) is 20.1 Å². The highest BCUT2D eigenvalue weighted by Gasteiger charge is 2.09. The van der Waals surface area contributed by atoms with Crippen molar-refractivity contribution in [2.45, 2.75) is 25.9 Å². The van der Waals surface area contributed by atoms with E-state index in [4.69, 9.17) is 10.00 Å². The second kappa shape index (κ2) is 6.62. The highest BCUT2D eigenvalue weighted by Crippen LogP contribution is 1.88. The smallest absolute Gasteiger partial charge is 0.248 e. The van der Waals surface area contributed by atoms with Gasteiger partial charge in [-0.15, -0.1) is 0 Å². The first-order valence-corrected chi connectivity index (χ1v) is 3.89.